The molecule has 0 fully saturated rings. The van der Waals surface area contributed by atoms with E-state index in [9.17, 15) is 0 Å². The van der Waals surface area contributed by atoms with Crippen LogP contribution in [0.2, 0.25) is 0 Å². The molecule has 0 aliphatic heterocycles. The Balaban J connectivity index is 2.12. The Bertz CT molecular complexity index is 264. The molecule has 0 aromatic heterocycles. The van der Waals surface area contributed by atoms with Crippen LogP contribution in [0.15, 0.2) is 24.3 Å². The Hall–Kier alpha value is -1.02. The Labute approximate surface area is 92.2 Å². The van der Waals surface area contributed by atoms with Gasteiger partial charge in [-0.1, -0.05) is 17.7 Å². The van der Waals surface area contributed by atoms with Crippen molar-refractivity contribution in [3.63, 3.8) is 0 Å². The van der Waals surface area contributed by atoms with E-state index in [4.69, 9.17) is 9.47 Å². The molecule has 84 valence electrons. The van der Waals surface area contributed by atoms with Crippen molar-refractivity contribution in [1.82, 2.24) is 0 Å². The molecular formula is C13H20O2. The summed E-state index contributed by atoms with van der Waals surface area (Å²) in [7, 11) is 0. The van der Waals surface area contributed by atoms with Crippen molar-refractivity contribution in [3.8, 4) is 5.75 Å². The molecule has 0 saturated carbocycles. The molecule has 1 aromatic carbocycles. The molecule has 0 spiro atoms. The normalized spacial score (nSPS) is 10.7. The molecule has 0 bridgehead atoms. The molecule has 0 radical (unpaired) electrons. The summed E-state index contributed by atoms with van der Waals surface area (Å²) in [4.78, 5) is 0. The van der Waals surface area contributed by atoms with E-state index in [2.05, 4.69) is 19.1 Å². The highest BCUT2D eigenvalue weighted by Crippen LogP contribution is 2.11. The first kappa shape index (κ1) is 12.1. The second-order valence-electron chi connectivity index (χ2n) is 3.93. The molecule has 2 heteroatoms. The molecule has 1 aromatic rings. The largest absolute Gasteiger partial charge is 0.494 e. The average Bonchev–Trinajstić information content (AvgIpc) is 2.20. The highest BCUT2D eigenvalue weighted by Gasteiger charge is 1.95. The third-order valence-electron chi connectivity index (χ3n) is 2.03. The Morgan fingerprint density at radius 3 is 2.33 bits per heavy atom. The quantitative estimate of drug-likeness (QED) is 0.668. The molecule has 0 aliphatic carbocycles. The van der Waals surface area contributed by atoms with E-state index in [0.717, 1.165) is 25.4 Å². The van der Waals surface area contributed by atoms with Gasteiger partial charge >= 0.3 is 0 Å². The van der Waals surface area contributed by atoms with Crippen LogP contribution in [0.25, 0.3) is 0 Å². The zero-order chi connectivity index (χ0) is 11.1. The van der Waals surface area contributed by atoms with Gasteiger partial charge in [0, 0.05) is 6.42 Å². The predicted molar refractivity (Wildman–Crippen MR) is 62.4 cm³/mol. The molecule has 0 saturated heterocycles. The summed E-state index contributed by atoms with van der Waals surface area (Å²) in [5, 5.41) is 0. The van der Waals surface area contributed by atoms with E-state index in [-0.39, 0.29) is 0 Å². The molecule has 0 heterocycles. The first-order chi connectivity index (χ1) is 7.18. The van der Waals surface area contributed by atoms with Crippen LogP contribution in [-0.2, 0) is 4.74 Å². The van der Waals surface area contributed by atoms with Gasteiger partial charge in [-0.25, -0.2) is 0 Å². The SMILES string of the molecule is Cc1ccc(OCCCOC(C)C)cc1. The fourth-order valence-electron chi connectivity index (χ4n) is 1.20. The highest BCUT2D eigenvalue weighted by molar-refractivity contribution is 5.26. The minimum Gasteiger partial charge on any atom is -0.494 e. The van der Waals surface area contributed by atoms with Crippen LogP contribution in [0, 0.1) is 6.92 Å². The summed E-state index contributed by atoms with van der Waals surface area (Å²) in [5.41, 5.74) is 1.26. The third kappa shape index (κ3) is 5.43. The average molecular weight is 208 g/mol. The van der Waals surface area contributed by atoms with Crippen molar-refractivity contribution < 1.29 is 9.47 Å². The van der Waals surface area contributed by atoms with Gasteiger partial charge in [-0.2, -0.15) is 0 Å². The molecular weight excluding hydrogens is 188 g/mol. The van der Waals surface area contributed by atoms with Gasteiger partial charge in [0.05, 0.1) is 19.3 Å². The van der Waals surface area contributed by atoms with Crippen molar-refractivity contribution in [2.45, 2.75) is 33.3 Å². The van der Waals surface area contributed by atoms with Gasteiger partial charge in [0.1, 0.15) is 5.75 Å². The van der Waals surface area contributed by atoms with Crippen LogP contribution < -0.4 is 4.74 Å². The maximum atomic E-state index is 5.56. The van der Waals surface area contributed by atoms with Crippen molar-refractivity contribution in [3.05, 3.63) is 29.8 Å². The summed E-state index contributed by atoms with van der Waals surface area (Å²) in [6, 6.07) is 8.11. The third-order valence-corrected chi connectivity index (χ3v) is 2.03. The first-order valence-electron chi connectivity index (χ1n) is 5.49. The fourth-order valence-corrected chi connectivity index (χ4v) is 1.20. The van der Waals surface area contributed by atoms with Gasteiger partial charge in [-0.15, -0.1) is 0 Å². The van der Waals surface area contributed by atoms with E-state index >= 15 is 0 Å². The molecule has 0 N–H and O–H groups in total. The summed E-state index contributed by atoms with van der Waals surface area (Å²) in [6.07, 6.45) is 1.25. The van der Waals surface area contributed by atoms with Crippen LogP contribution in [0.1, 0.15) is 25.8 Å². The summed E-state index contributed by atoms with van der Waals surface area (Å²) in [6.45, 7) is 7.64. The molecule has 1 rings (SSSR count). The predicted octanol–water partition coefficient (Wildman–Crippen LogP) is 3.19. The minimum absolute atomic E-state index is 0.310. The Morgan fingerprint density at radius 2 is 1.73 bits per heavy atom. The topological polar surface area (TPSA) is 18.5 Å². The molecule has 0 atom stereocenters. The number of hydrogen-bond donors (Lipinski definition) is 0. The van der Waals surface area contributed by atoms with Crippen LogP contribution >= 0.6 is 0 Å². The summed E-state index contributed by atoms with van der Waals surface area (Å²) in [5.74, 6) is 0.935. The number of benzene rings is 1. The zero-order valence-electron chi connectivity index (χ0n) is 9.82. The Kier molecular flexibility index (Phi) is 5.19. The maximum absolute atomic E-state index is 5.56. The van der Waals surface area contributed by atoms with Crippen molar-refractivity contribution in [2.24, 2.45) is 0 Å². The van der Waals surface area contributed by atoms with Crippen molar-refractivity contribution >= 4 is 0 Å². The van der Waals surface area contributed by atoms with Gasteiger partial charge in [0.25, 0.3) is 0 Å². The Morgan fingerprint density at radius 1 is 1.07 bits per heavy atom. The monoisotopic (exact) mass is 208 g/mol. The lowest BCUT2D eigenvalue weighted by atomic mass is 10.2. The first-order valence-corrected chi connectivity index (χ1v) is 5.49. The van der Waals surface area contributed by atoms with Gasteiger partial charge in [-0.05, 0) is 32.9 Å². The number of rotatable bonds is 6. The maximum Gasteiger partial charge on any atom is 0.119 e. The molecule has 0 aliphatic rings. The summed E-state index contributed by atoms with van der Waals surface area (Å²) < 4.78 is 11.0. The van der Waals surface area contributed by atoms with E-state index in [1.165, 1.54) is 5.56 Å². The number of ether oxygens (including phenoxy) is 2. The molecule has 0 unspecified atom stereocenters. The van der Waals surface area contributed by atoms with Crippen LogP contribution in [0.3, 0.4) is 0 Å². The molecule has 0 amide bonds. The highest BCUT2D eigenvalue weighted by atomic mass is 16.5. The fraction of sp³-hybridized carbons (Fsp3) is 0.538. The van der Waals surface area contributed by atoms with Crippen LogP contribution in [-0.4, -0.2) is 19.3 Å². The standard InChI is InChI=1S/C13H20O2/c1-11(2)14-9-4-10-15-13-7-5-12(3)6-8-13/h5-8,11H,4,9-10H2,1-3H3. The molecule has 15 heavy (non-hydrogen) atoms. The lowest BCUT2D eigenvalue weighted by Crippen LogP contribution is -2.07. The van der Waals surface area contributed by atoms with Crippen LogP contribution in [0.4, 0.5) is 0 Å². The second kappa shape index (κ2) is 6.46. The molecule has 2 nitrogen and oxygen atoms in total. The number of aryl methyl sites for hydroxylation is 1. The second-order valence-corrected chi connectivity index (χ2v) is 3.93. The summed E-state index contributed by atoms with van der Waals surface area (Å²) >= 11 is 0. The zero-order valence-corrected chi connectivity index (χ0v) is 9.82. The lowest BCUT2D eigenvalue weighted by Gasteiger charge is -2.08. The van der Waals surface area contributed by atoms with Gasteiger partial charge < -0.3 is 9.47 Å². The van der Waals surface area contributed by atoms with Crippen molar-refractivity contribution in [2.75, 3.05) is 13.2 Å². The van der Waals surface area contributed by atoms with E-state index in [1.54, 1.807) is 0 Å². The smallest absolute Gasteiger partial charge is 0.119 e. The van der Waals surface area contributed by atoms with Gasteiger partial charge in [0.2, 0.25) is 0 Å². The minimum atomic E-state index is 0.310. The van der Waals surface area contributed by atoms with E-state index in [0.29, 0.717) is 6.10 Å². The van der Waals surface area contributed by atoms with Gasteiger partial charge in [0.15, 0.2) is 0 Å². The number of hydrogen-bond acceptors (Lipinski definition) is 2. The van der Waals surface area contributed by atoms with Crippen LogP contribution in [0.5, 0.6) is 5.75 Å². The lowest BCUT2D eigenvalue weighted by molar-refractivity contribution is 0.0694. The van der Waals surface area contributed by atoms with E-state index in [1.807, 2.05) is 26.0 Å². The van der Waals surface area contributed by atoms with Gasteiger partial charge in [-0.3, -0.25) is 0 Å². The van der Waals surface area contributed by atoms with Crippen molar-refractivity contribution in [1.29, 1.82) is 0 Å². The van der Waals surface area contributed by atoms with E-state index < -0.39 is 0 Å².